The fourth-order valence-corrected chi connectivity index (χ4v) is 4.44. The Morgan fingerprint density at radius 2 is 2.00 bits per heavy atom. The molecule has 152 valence electrons. The van der Waals surface area contributed by atoms with Crippen molar-refractivity contribution in [3.05, 3.63) is 40.0 Å². The van der Waals surface area contributed by atoms with Gasteiger partial charge in [0.05, 0.1) is 28.0 Å². The molecule has 4 rings (SSSR count). The molecule has 0 radical (unpaired) electrons. The van der Waals surface area contributed by atoms with E-state index in [2.05, 4.69) is 17.3 Å². The number of rotatable bonds is 2. The van der Waals surface area contributed by atoms with Crippen molar-refractivity contribution in [1.29, 1.82) is 0 Å². The number of hydrogen-bond donors (Lipinski definition) is 1. The summed E-state index contributed by atoms with van der Waals surface area (Å²) in [6.45, 7) is 1.78. The zero-order valence-corrected chi connectivity index (χ0v) is 16.6. The van der Waals surface area contributed by atoms with Crippen LogP contribution < -0.4 is 5.32 Å². The van der Waals surface area contributed by atoms with E-state index in [0.29, 0.717) is 0 Å². The van der Waals surface area contributed by atoms with Gasteiger partial charge >= 0.3 is 6.18 Å². The summed E-state index contributed by atoms with van der Waals surface area (Å²) in [6, 6.07) is 3.60. The van der Waals surface area contributed by atoms with Crippen LogP contribution in [0.3, 0.4) is 0 Å². The minimum atomic E-state index is -4.43. The van der Waals surface area contributed by atoms with Gasteiger partial charge in [0.15, 0.2) is 0 Å². The van der Waals surface area contributed by atoms with Gasteiger partial charge in [-0.25, -0.2) is 4.68 Å². The first kappa shape index (κ1) is 19.6. The molecule has 0 bridgehead atoms. The van der Waals surface area contributed by atoms with Crippen LogP contribution in [0, 0.1) is 0 Å². The Bertz CT molecular complexity index is 862. The van der Waals surface area contributed by atoms with Crippen molar-refractivity contribution in [3.63, 3.8) is 0 Å². The summed E-state index contributed by atoms with van der Waals surface area (Å²) < 4.78 is 41.4. The van der Waals surface area contributed by atoms with Gasteiger partial charge in [0.2, 0.25) is 0 Å². The van der Waals surface area contributed by atoms with Crippen LogP contribution in [0.4, 0.5) is 19.0 Å². The van der Waals surface area contributed by atoms with Gasteiger partial charge < -0.3 is 5.32 Å². The van der Waals surface area contributed by atoms with E-state index in [4.69, 9.17) is 16.7 Å². The maximum Gasteiger partial charge on any atom is 0.416 e. The molecule has 0 saturated carbocycles. The van der Waals surface area contributed by atoms with E-state index in [-0.39, 0.29) is 16.8 Å². The van der Waals surface area contributed by atoms with Crippen LogP contribution in [0.5, 0.6) is 0 Å². The Kier molecular flexibility index (Phi) is 5.31. The van der Waals surface area contributed by atoms with E-state index < -0.39 is 11.7 Å². The molecule has 2 aromatic rings. The van der Waals surface area contributed by atoms with Crippen LogP contribution in [0.15, 0.2) is 18.2 Å². The first-order valence-corrected chi connectivity index (χ1v) is 10.2. The van der Waals surface area contributed by atoms with Crippen LogP contribution >= 0.6 is 11.6 Å². The fraction of sp³-hybridized carbons (Fsp3) is 0.550. The van der Waals surface area contributed by atoms with Gasteiger partial charge in [0.25, 0.3) is 0 Å². The van der Waals surface area contributed by atoms with Gasteiger partial charge in [-0.05, 0) is 63.9 Å². The van der Waals surface area contributed by atoms with Crippen molar-refractivity contribution in [3.8, 4) is 5.69 Å². The molecule has 3 heterocycles. The quantitative estimate of drug-likeness (QED) is 0.712. The molecule has 1 aromatic carbocycles. The first-order chi connectivity index (χ1) is 13.4. The molecule has 8 heteroatoms. The second-order valence-corrected chi connectivity index (χ2v) is 8.07. The number of hydrogen-bond acceptors (Lipinski definition) is 3. The Labute approximate surface area is 167 Å². The molecular formula is C20H24ClF3N4. The Morgan fingerprint density at radius 3 is 2.75 bits per heavy atom. The molecule has 0 aliphatic carbocycles. The van der Waals surface area contributed by atoms with Gasteiger partial charge in [0.1, 0.15) is 5.82 Å². The number of nitrogens with one attached hydrogen (secondary N) is 1. The minimum Gasteiger partial charge on any atom is -0.370 e. The normalized spacial score (nSPS) is 21.1. The molecule has 4 nitrogen and oxygen atoms in total. The predicted octanol–water partition coefficient (Wildman–Crippen LogP) is 5.45. The van der Waals surface area contributed by atoms with E-state index in [0.717, 1.165) is 80.8 Å². The first-order valence-electron chi connectivity index (χ1n) is 9.79. The van der Waals surface area contributed by atoms with Crippen molar-refractivity contribution in [1.82, 2.24) is 14.7 Å². The largest absolute Gasteiger partial charge is 0.416 e. The second-order valence-electron chi connectivity index (χ2n) is 7.66. The molecule has 0 spiro atoms. The van der Waals surface area contributed by atoms with Gasteiger partial charge in [-0.15, -0.1) is 0 Å². The summed E-state index contributed by atoms with van der Waals surface area (Å²) in [5, 5.41) is 8.47. The molecule has 2 aliphatic rings. The Morgan fingerprint density at radius 1 is 1.18 bits per heavy atom. The maximum absolute atomic E-state index is 13.3. The fourth-order valence-electron chi connectivity index (χ4n) is 4.24. The van der Waals surface area contributed by atoms with Crippen LogP contribution in [-0.4, -0.2) is 34.8 Å². The molecule has 1 unspecified atom stereocenters. The predicted molar refractivity (Wildman–Crippen MR) is 104 cm³/mol. The number of anilines is 1. The van der Waals surface area contributed by atoms with Gasteiger partial charge in [-0.3, -0.25) is 4.90 Å². The third-order valence-electron chi connectivity index (χ3n) is 5.75. The molecule has 1 fully saturated rings. The second kappa shape index (κ2) is 7.59. The summed E-state index contributed by atoms with van der Waals surface area (Å²) >= 11 is 6.32. The Balaban J connectivity index is 1.86. The summed E-state index contributed by atoms with van der Waals surface area (Å²) in [5.41, 5.74) is 1.64. The molecular weight excluding hydrogens is 389 g/mol. The number of aromatic nitrogens is 2. The highest BCUT2D eigenvalue weighted by Gasteiger charge is 2.33. The number of benzene rings is 1. The van der Waals surface area contributed by atoms with Crippen molar-refractivity contribution in [2.75, 3.05) is 25.5 Å². The zero-order chi connectivity index (χ0) is 19.9. The number of nitrogens with zero attached hydrogens (tertiary/aromatic N) is 3. The summed E-state index contributed by atoms with van der Waals surface area (Å²) in [5.74, 6) is 0.785. The summed E-state index contributed by atoms with van der Waals surface area (Å²) in [7, 11) is 2.09. The van der Waals surface area contributed by atoms with Crippen LogP contribution in [0.25, 0.3) is 5.69 Å². The van der Waals surface area contributed by atoms with E-state index in [9.17, 15) is 13.2 Å². The highest BCUT2D eigenvalue weighted by atomic mass is 35.5. The highest BCUT2D eigenvalue weighted by Crippen LogP contribution is 2.39. The summed E-state index contributed by atoms with van der Waals surface area (Å²) in [6.07, 6.45) is 1.80. The van der Waals surface area contributed by atoms with Crippen LogP contribution in [0.1, 0.15) is 55.0 Å². The third kappa shape index (κ3) is 3.62. The topological polar surface area (TPSA) is 33.1 Å². The standard InChI is InChI=1S/C20H24ClF3N4/c1-27-11-5-3-7-16(27)18-14-6-2-4-10-25-19(14)28(26-18)17-12-13(20(22,23)24)8-9-15(17)21/h8-9,12,16,25H,2-7,10-11H2,1H3. The van der Waals surface area contributed by atoms with Gasteiger partial charge in [-0.2, -0.15) is 18.3 Å². The van der Waals surface area contributed by atoms with Crippen molar-refractivity contribution >= 4 is 17.4 Å². The lowest BCUT2D eigenvalue weighted by molar-refractivity contribution is -0.137. The average Bonchev–Trinajstić information content (AvgIpc) is 2.83. The maximum atomic E-state index is 13.3. The lowest BCUT2D eigenvalue weighted by Crippen LogP contribution is -2.30. The smallest absolute Gasteiger partial charge is 0.370 e. The minimum absolute atomic E-state index is 0.188. The molecule has 1 saturated heterocycles. The van der Waals surface area contributed by atoms with E-state index in [1.165, 1.54) is 6.07 Å². The molecule has 0 amide bonds. The third-order valence-corrected chi connectivity index (χ3v) is 6.07. The summed E-state index contributed by atoms with van der Waals surface area (Å²) in [4.78, 5) is 2.30. The number of piperidine rings is 1. The molecule has 2 aliphatic heterocycles. The highest BCUT2D eigenvalue weighted by molar-refractivity contribution is 6.32. The average molecular weight is 413 g/mol. The van der Waals surface area contributed by atoms with E-state index >= 15 is 0 Å². The number of fused-ring (bicyclic) bond motifs is 1. The monoisotopic (exact) mass is 412 g/mol. The number of alkyl halides is 3. The van der Waals surface area contributed by atoms with Crippen LogP contribution in [-0.2, 0) is 12.6 Å². The van der Waals surface area contributed by atoms with Crippen molar-refractivity contribution in [2.24, 2.45) is 0 Å². The lowest BCUT2D eigenvalue weighted by Gasteiger charge is -2.31. The zero-order valence-electron chi connectivity index (χ0n) is 15.8. The molecule has 1 aromatic heterocycles. The molecule has 1 atom stereocenters. The van der Waals surface area contributed by atoms with Crippen molar-refractivity contribution < 1.29 is 13.2 Å². The van der Waals surface area contributed by atoms with Crippen molar-refractivity contribution in [2.45, 2.75) is 50.7 Å². The van der Waals surface area contributed by atoms with E-state index in [1.54, 1.807) is 4.68 Å². The molecule has 1 N–H and O–H groups in total. The SMILES string of the molecule is CN1CCCCC1c1nn(-c2cc(C(F)(F)F)ccc2Cl)c2c1CCCCN2. The van der Waals surface area contributed by atoms with E-state index in [1.807, 2.05) is 0 Å². The van der Waals surface area contributed by atoms with Gasteiger partial charge in [-0.1, -0.05) is 18.0 Å². The lowest BCUT2D eigenvalue weighted by atomic mass is 9.96. The number of halogens is 4. The van der Waals surface area contributed by atoms with Crippen LogP contribution in [0.2, 0.25) is 5.02 Å². The molecule has 28 heavy (non-hydrogen) atoms. The Hall–Kier alpha value is -1.73. The van der Waals surface area contributed by atoms with Gasteiger partial charge in [0, 0.05) is 12.1 Å². The number of likely N-dealkylation sites (tertiary alicyclic amines) is 1.